The molecule has 94 valence electrons. The van der Waals surface area contributed by atoms with E-state index >= 15 is 0 Å². The van der Waals surface area contributed by atoms with Crippen LogP contribution in [0.3, 0.4) is 0 Å². The minimum atomic E-state index is 0.361. The van der Waals surface area contributed by atoms with E-state index in [-0.39, 0.29) is 0 Å². The second kappa shape index (κ2) is 5.85. The second-order valence-corrected chi connectivity index (χ2v) is 4.39. The van der Waals surface area contributed by atoms with Crippen LogP contribution in [0, 0.1) is 6.92 Å². The molecule has 3 nitrogen and oxygen atoms in total. The zero-order chi connectivity index (χ0) is 13.0. The lowest BCUT2D eigenvalue weighted by atomic mass is 10.2. The lowest BCUT2D eigenvalue weighted by molar-refractivity contribution is 0.301. The van der Waals surface area contributed by atoms with Crippen molar-refractivity contribution >= 4 is 11.6 Å². The summed E-state index contributed by atoms with van der Waals surface area (Å²) in [6, 6.07) is 11.4. The summed E-state index contributed by atoms with van der Waals surface area (Å²) in [6.07, 6.45) is 0. The number of nitrogens with two attached hydrogens (primary N) is 1. The number of benzene rings is 1. The number of hydrogen-bond acceptors (Lipinski definition) is 3. The fourth-order valence-corrected chi connectivity index (χ4v) is 1.84. The molecule has 2 aromatic rings. The van der Waals surface area contributed by atoms with Crippen LogP contribution in [0.1, 0.15) is 17.0 Å². The van der Waals surface area contributed by atoms with Gasteiger partial charge < -0.3 is 10.5 Å². The predicted molar refractivity (Wildman–Crippen MR) is 72.6 cm³/mol. The van der Waals surface area contributed by atoms with Crippen molar-refractivity contribution in [2.45, 2.75) is 20.1 Å². The standard InChI is InChI=1S/C14H15ClN2O/c1-10-6-7-14(13(8-16)17-10)18-9-11-4-2-3-5-12(11)15/h2-7H,8-9,16H2,1H3. The molecule has 18 heavy (non-hydrogen) atoms. The summed E-state index contributed by atoms with van der Waals surface area (Å²) in [6.45, 7) is 2.70. The zero-order valence-electron chi connectivity index (χ0n) is 10.2. The van der Waals surface area contributed by atoms with Gasteiger partial charge in [-0.3, -0.25) is 4.98 Å². The quantitative estimate of drug-likeness (QED) is 0.921. The molecule has 0 saturated heterocycles. The average molecular weight is 263 g/mol. The van der Waals surface area contributed by atoms with Gasteiger partial charge in [0.15, 0.2) is 0 Å². The molecule has 4 heteroatoms. The highest BCUT2D eigenvalue weighted by molar-refractivity contribution is 6.31. The Labute approximate surface area is 112 Å². The monoisotopic (exact) mass is 262 g/mol. The number of halogens is 1. The van der Waals surface area contributed by atoms with E-state index < -0.39 is 0 Å². The fourth-order valence-electron chi connectivity index (χ4n) is 1.65. The van der Waals surface area contributed by atoms with Crippen molar-refractivity contribution in [1.29, 1.82) is 0 Å². The van der Waals surface area contributed by atoms with Gasteiger partial charge in [0.25, 0.3) is 0 Å². The van der Waals surface area contributed by atoms with E-state index in [2.05, 4.69) is 4.98 Å². The van der Waals surface area contributed by atoms with E-state index in [1.54, 1.807) is 0 Å². The second-order valence-electron chi connectivity index (χ2n) is 3.98. The summed E-state index contributed by atoms with van der Waals surface area (Å²) in [5, 5.41) is 0.701. The Morgan fingerprint density at radius 2 is 2.00 bits per heavy atom. The summed E-state index contributed by atoms with van der Waals surface area (Å²) in [5.74, 6) is 0.711. The number of ether oxygens (including phenoxy) is 1. The average Bonchev–Trinajstić information content (AvgIpc) is 2.39. The number of aryl methyl sites for hydroxylation is 1. The smallest absolute Gasteiger partial charge is 0.142 e. The Balaban J connectivity index is 2.13. The molecule has 2 N–H and O–H groups in total. The highest BCUT2D eigenvalue weighted by atomic mass is 35.5. The summed E-state index contributed by atoms with van der Waals surface area (Å²) < 4.78 is 5.72. The molecule has 0 atom stereocenters. The van der Waals surface area contributed by atoms with Gasteiger partial charge in [0, 0.05) is 22.8 Å². The minimum Gasteiger partial charge on any atom is -0.487 e. The molecule has 0 saturated carbocycles. The van der Waals surface area contributed by atoms with Crippen LogP contribution >= 0.6 is 11.6 Å². The Hall–Kier alpha value is -1.58. The molecule has 0 amide bonds. The minimum absolute atomic E-state index is 0.361. The maximum absolute atomic E-state index is 6.07. The number of hydrogen-bond donors (Lipinski definition) is 1. The molecule has 1 heterocycles. The Bertz CT molecular complexity index is 543. The van der Waals surface area contributed by atoms with Crippen molar-refractivity contribution in [3.63, 3.8) is 0 Å². The van der Waals surface area contributed by atoms with Gasteiger partial charge in [-0.25, -0.2) is 0 Å². The van der Waals surface area contributed by atoms with E-state index in [9.17, 15) is 0 Å². The van der Waals surface area contributed by atoms with E-state index in [4.69, 9.17) is 22.1 Å². The van der Waals surface area contributed by atoms with Crippen LogP contribution in [-0.2, 0) is 13.2 Å². The van der Waals surface area contributed by atoms with Crippen molar-refractivity contribution in [1.82, 2.24) is 4.98 Å². The maximum Gasteiger partial charge on any atom is 0.142 e. The third-order valence-corrected chi connectivity index (χ3v) is 2.97. The zero-order valence-corrected chi connectivity index (χ0v) is 10.9. The van der Waals surface area contributed by atoms with Crippen LogP contribution in [0.2, 0.25) is 5.02 Å². The molecule has 0 aliphatic heterocycles. The molecule has 0 fully saturated rings. The molecule has 0 radical (unpaired) electrons. The summed E-state index contributed by atoms with van der Waals surface area (Å²) in [7, 11) is 0. The molecule has 0 aliphatic carbocycles. The van der Waals surface area contributed by atoms with Gasteiger partial charge >= 0.3 is 0 Å². The fraction of sp³-hybridized carbons (Fsp3) is 0.214. The first kappa shape index (κ1) is 12.9. The highest BCUT2D eigenvalue weighted by Gasteiger charge is 2.06. The SMILES string of the molecule is Cc1ccc(OCc2ccccc2Cl)c(CN)n1. The topological polar surface area (TPSA) is 48.1 Å². The Morgan fingerprint density at radius 3 is 2.72 bits per heavy atom. The van der Waals surface area contributed by atoms with Gasteiger partial charge in [0.2, 0.25) is 0 Å². The van der Waals surface area contributed by atoms with Crippen molar-refractivity contribution < 1.29 is 4.74 Å². The summed E-state index contributed by atoms with van der Waals surface area (Å²) in [5.41, 5.74) is 8.29. The van der Waals surface area contributed by atoms with Crippen LogP contribution in [0.25, 0.3) is 0 Å². The van der Waals surface area contributed by atoms with Gasteiger partial charge in [0.1, 0.15) is 12.4 Å². The van der Waals surface area contributed by atoms with Gasteiger partial charge in [-0.1, -0.05) is 29.8 Å². The first-order chi connectivity index (χ1) is 8.70. The van der Waals surface area contributed by atoms with E-state index in [1.165, 1.54) is 0 Å². The molecular formula is C14H15ClN2O. The largest absolute Gasteiger partial charge is 0.487 e. The van der Waals surface area contributed by atoms with Gasteiger partial charge in [0.05, 0.1) is 5.69 Å². The van der Waals surface area contributed by atoms with Crippen LogP contribution in [0.5, 0.6) is 5.75 Å². The molecule has 0 aliphatic rings. The first-order valence-corrected chi connectivity index (χ1v) is 6.11. The lowest BCUT2D eigenvalue weighted by Crippen LogP contribution is -2.06. The molecule has 1 aromatic heterocycles. The first-order valence-electron chi connectivity index (χ1n) is 5.73. The Kier molecular flexibility index (Phi) is 4.18. The molecule has 0 unspecified atom stereocenters. The third kappa shape index (κ3) is 3.00. The predicted octanol–water partition coefficient (Wildman–Crippen LogP) is 3.08. The van der Waals surface area contributed by atoms with Crippen LogP contribution < -0.4 is 10.5 Å². The van der Waals surface area contributed by atoms with Crippen molar-refractivity contribution in [2.24, 2.45) is 5.73 Å². The Morgan fingerprint density at radius 1 is 1.22 bits per heavy atom. The molecular weight excluding hydrogens is 248 g/mol. The highest BCUT2D eigenvalue weighted by Crippen LogP contribution is 2.21. The maximum atomic E-state index is 6.07. The number of pyridine rings is 1. The van der Waals surface area contributed by atoms with Crippen molar-refractivity contribution in [3.05, 3.63) is 58.4 Å². The molecule has 2 rings (SSSR count). The van der Waals surface area contributed by atoms with E-state index in [0.29, 0.717) is 23.9 Å². The number of nitrogens with zero attached hydrogens (tertiary/aromatic N) is 1. The summed E-state index contributed by atoms with van der Waals surface area (Å²) >= 11 is 6.07. The van der Waals surface area contributed by atoms with Crippen molar-refractivity contribution in [3.8, 4) is 5.75 Å². The normalized spacial score (nSPS) is 10.4. The third-order valence-electron chi connectivity index (χ3n) is 2.61. The number of rotatable bonds is 4. The van der Waals surface area contributed by atoms with Gasteiger partial charge in [-0.2, -0.15) is 0 Å². The van der Waals surface area contributed by atoms with Crippen molar-refractivity contribution in [2.75, 3.05) is 0 Å². The van der Waals surface area contributed by atoms with E-state index in [0.717, 1.165) is 17.0 Å². The van der Waals surface area contributed by atoms with Crippen LogP contribution in [-0.4, -0.2) is 4.98 Å². The molecule has 0 bridgehead atoms. The van der Waals surface area contributed by atoms with Gasteiger partial charge in [-0.15, -0.1) is 0 Å². The van der Waals surface area contributed by atoms with Crippen LogP contribution in [0.15, 0.2) is 36.4 Å². The lowest BCUT2D eigenvalue weighted by Gasteiger charge is -2.11. The van der Waals surface area contributed by atoms with E-state index in [1.807, 2.05) is 43.3 Å². The number of aromatic nitrogens is 1. The molecule has 1 aromatic carbocycles. The molecule has 0 spiro atoms. The van der Waals surface area contributed by atoms with Crippen LogP contribution in [0.4, 0.5) is 0 Å². The summed E-state index contributed by atoms with van der Waals surface area (Å²) in [4.78, 5) is 4.34. The van der Waals surface area contributed by atoms with Gasteiger partial charge in [-0.05, 0) is 25.1 Å².